The number of rotatable bonds is 11. The first-order chi connectivity index (χ1) is 13.2. The number of ether oxygens (including phenoxy) is 2. The molecule has 0 atom stereocenters. The fraction of sp³-hybridized carbons (Fsp3) is 0.667. The molecule has 0 saturated heterocycles. The molecular weight excluding hydrogens is 467 g/mol. The molecule has 0 radical (unpaired) electrons. The molecule has 7 heteroatoms. The molecule has 0 aromatic heterocycles. The standard InChI is InChI=1S/C21H36N4O2.HI/c1-22-21(23-13-15-25(2)14-8-16-26-3)24-17-18-9-4-7-12-20(18)27-19-10-5-6-11-19;/h4,7,9,12,19H,5-6,8,10-11,13-17H2,1-3H3,(H2,22,23,24);1H. The van der Waals surface area contributed by atoms with Gasteiger partial charge in [0.25, 0.3) is 0 Å². The highest BCUT2D eigenvalue weighted by Crippen LogP contribution is 2.26. The lowest BCUT2D eigenvalue weighted by atomic mass is 10.2. The van der Waals surface area contributed by atoms with Crippen LogP contribution in [0.5, 0.6) is 5.75 Å². The van der Waals surface area contributed by atoms with Crippen molar-refractivity contribution in [1.82, 2.24) is 15.5 Å². The second-order valence-corrected chi connectivity index (χ2v) is 7.13. The Hall–Kier alpha value is -1.06. The fourth-order valence-electron chi connectivity index (χ4n) is 3.31. The zero-order valence-corrected chi connectivity index (χ0v) is 19.9. The van der Waals surface area contributed by atoms with Crippen LogP contribution >= 0.6 is 24.0 Å². The molecule has 160 valence electrons. The number of benzene rings is 1. The molecule has 0 spiro atoms. The average molecular weight is 504 g/mol. The molecule has 0 heterocycles. The molecule has 28 heavy (non-hydrogen) atoms. The molecule has 0 unspecified atom stereocenters. The number of hydrogen-bond donors (Lipinski definition) is 2. The van der Waals surface area contributed by atoms with Gasteiger partial charge in [0.1, 0.15) is 5.75 Å². The third-order valence-electron chi connectivity index (χ3n) is 4.91. The van der Waals surface area contributed by atoms with E-state index in [9.17, 15) is 0 Å². The van der Waals surface area contributed by atoms with Crippen LogP contribution in [-0.2, 0) is 11.3 Å². The lowest BCUT2D eigenvalue weighted by Gasteiger charge is -2.19. The second-order valence-electron chi connectivity index (χ2n) is 7.13. The number of hydrogen-bond acceptors (Lipinski definition) is 4. The molecule has 1 fully saturated rings. The van der Waals surface area contributed by atoms with Crippen LogP contribution in [0.15, 0.2) is 29.3 Å². The molecule has 1 aliphatic carbocycles. The number of likely N-dealkylation sites (N-methyl/N-ethyl adjacent to an activating group) is 1. The second kappa shape index (κ2) is 14.9. The lowest BCUT2D eigenvalue weighted by Crippen LogP contribution is -2.40. The third-order valence-corrected chi connectivity index (χ3v) is 4.91. The third kappa shape index (κ3) is 9.43. The zero-order chi connectivity index (χ0) is 19.3. The number of para-hydroxylation sites is 1. The average Bonchev–Trinajstić information content (AvgIpc) is 3.19. The molecule has 2 N–H and O–H groups in total. The topological polar surface area (TPSA) is 58.1 Å². The Labute approximate surface area is 187 Å². The molecule has 2 rings (SSSR count). The van der Waals surface area contributed by atoms with Gasteiger partial charge < -0.3 is 25.0 Å². The normalized spacial score (nSPS) is 14.8. The van der Waals surface area contributed by atoms with Crippen LogP contribution in [-0.4, -0.2) is 64.4 Å². The Kier molecular flexibility index (Phi) is 13.3. The Bertz CT molecular complexity index is 565. The Morgan fingerprint density at radius 2 is 1.93 bits per heavy atom. The van der Waals surface area contributed by atoms with E-state index in [4.69, 9.17) is 9.47 Å². The van der Waals surface area contributed by atoms with E-state index in [1.165, 1.54) is 31.2 Å². The van der Waals surface area contributed by atoms with Gasteiger partial charge in [-0.2, -0.15) is 0 Å². The van der Waals surface area contributed by atoms with Crippen LogP contribution in [0.1, 0.15) is 37.7 Å². The Morgan fingerprint density at radius 1 is 1.18 bits per heavy atom. The zero-order valence-electron chi connectivity index (χ0n) is 17.6. The lowest BCUT2D eigenvalue weighted by molar-refractivity contribution is 0.180. The number of methoxy groups -OCH3 is 1. The highest BCUT2D eigenvalue weighted by Gasteiger charge is 2.17. The van der Waals surface area contributed by atoms with Crippen LogP contribution in [0.4, 0.5) is 0 Å². The van der Waals surface area contributed by atoms with Gasteiger partial charge in [0.05, 0.1) is 6.10 Å². The van der Waals surface area contributed by atoms with E-state index in [-0.39, 0.29) is 24.0 Å². The maximum Gasteiger partial charge on any atom is 0.191 e. The number of nitrogens with one attached hydrogen (secondary N) is 2. The van der Waals surface area contributed by atoms with Gasteiger partial charge in [0.2, 0.25) is 0 Å². The summed E-state index contributed by atoms with van der Waals surface area (Å²) in [6, 6.07) is 8.29. The van der Waals surface area contributed by atoms with Crippen molar-refractivity contribution >= 4 is 29.9 Å². The van der Waals surface area contributed by atoms with Gasteiger partial charge in [-0.15, -0.1) is 24.0 Å². The molecule has 0 amide bonds. The summed E-state index contributed by atoms with van der Waals surface area (Å²) in [5, 5.41) is 6.78. The van der Waals surface area contributed by atoms with Crippen LogP contribution in [0, 0.1) is 0 Å². The summed E-state index contributed by atoms with van der Waals surface area (Å²) in [4.78, 5) is 6.62. The van der Waals surface area contributed by atoms with Gasteiger partial charge in [0, 0.05) is 52.5 Å². The molecule has 0 aliphatic heterocycles. The number of nitrogens with zero attached hydrogens (tertiary/aromatic N) is 2. The molecular formula is C21H37IN4O2. The van der Waals surface area contributed by atoms with Crippen molar-refractivity contribution in [1.29, 1.82) is 0 Å². The van der Waals surface area contributed by atoms with E-state index in [1.807, 2.05) is 6.07 Å². The Morgan fingerprint density at radius 3 is 2.64 bits per heavy atom. The number of guanidine groups is 1. The predicted octanol–water partition coefficient (Wildman–Crippen LogP) is 3.26. The highest BCUT2D eigenvalue weighted by atomic mass is 127. The van der Waals surface area contributed by atoms with Gasteiger partial charge in [-0.3, -0.25) is 4.99 Å². The number of halogens is 1. The largest absolute Gasteiger partial charge is 0.490 e. The summed E-state index contributed by atoms with van der Waals surface area (Å²) in [6.45, 7) is 4.36. The summed E-state index contributed by atoms with van der Waals surface area (Å²) in [7, 11) is 5.68. The molecule has 1 aromatic rings. The van der Waals surface area contributed by atoms with E-state index in [1.54, 1.807) is 14.2 Å². The van der Waals surface area contributed by atoms with E-state index < -0.39 is 0 Å². The smallest absolute Gasteiger partial charge is 0.191 e. The van der Waals surface area contributed by atoms with Crippen molar-refractivity contribution in [3.63, 3.8) is 0 Å². The maximum absolute atomic E-state index is 6.21. The van der Waals surface area contributed by atoms with Gasteiger partial charge in [-0.05, 0) is 45.2 Å². The van der Waals surface area contributed by atoms with Crippen molar-refractivity contribution in [3.05, 3.63) is 29.8 Å². The highest BCUT2D eigenvalue weighted by molar-refractivity contribution is 14.0. The van der Waals surface area contributed by atoms with Gasteiger partial charge >= 0.3 is 0 Å². The summed E-state index contributed by atoms with van der Waals surface area (Å²) >= 11 is 0. The molecule has 1 saturated carbocycles. The first-order valence-corrected chi connectivity index (χ1v) is 10.1. The van der Waals surface area contributed by atoms with Crippen molar-refractivity contribution in [2.75, 3.05) is 47.4 Å². The molecule has 1 aromatic carbocycles. The van der Waals surface area contributed by atoms with E-state index in [0.717, 1.165) is 44.4 Å². The van der Waals surface area contributed by atoms with Gasteiger partial charge in [-0.25, -0.2) is 0 Å². The Balaban J connectivity index is 0.00000392. The van der Waals surface area contributed by atoms with Crippen LogP contribution in [0.3, 0.4) is 0 Å². The SMILES string of the molecule is CN=C(NCCN(C)CCCOC)NCc1ccccc1OC1CCCC1.I. The summed E-state index contributed by atoms with van der Waals surface area (Å²) in [5.41, 5.74) is 1.17. The van der Waals surface area contributed by atoms with Crippen LogP contribution in [0.2, 0.25) is 0 Å². The maximum atomic E-state index is 6.21. The van der Waals surface area contributed by atoms with Gasteiger partial charge in [-0.1, -0.05) is 18.2 Å². The van der Waals surface area contributed by atoms with Crippen LogP contribution in [0.25, 0.3) is 0 Å². The quantitative estimate of drug-likeness (QED) is 0.210. The van der Waals surface area contributed by atoms with E-state index in [0.29, 0.717) is 12.6 Å². The first kappa shape index (κ1) is 25.0. The summed E-state index contributed by atoms with van der Waals surface area (Å²) < 4.78 is 11.3. The summed E-state index contributed by atoms with van der Waals surface area (Å²) in [5.74, 6) is 1.81. The predicted molar refractivity (Wildman–Crippen MR) is 127 cm³/mol. The van der Waals surface area contributed by atoms with Crippen molar-refractivity contribution < 1.29 is 9.47 Å². The van der Waals surface area contributed by atoms with E-state index in [2.05, 4.69) is 45.8 Å². The van der Waals surface area contributed by atoms with E-state index >= 15 is 0 Å². The monoisotopic (exact) mass is 504 g/mol. The molecule has 1 aliphatic rings. The minimum atomic E-state index is 0. The van der Waals surface area contributed by atoms with Gasteiger partial charge in [0.15, 0.2) is 5.96 Å². The fourth-order valence-corrected chi connectivity index (χ4v) is 3.31. The van der Waals surface area contributed by atoms with Crippen molar-refractivity contribution in [2.45, 2.75) is 44.8 Å². The summed E-state index contributed by atoms with van der Waals surface area (Å²) in [6.07, 6.45) is 6.32. The minimum absolute atomic E-state index is 0. The first-order valence-electron chi connectivity index (χ1n) is 10.1. The number of aliphatic imine (C=N–C) groups is 1. The van der Waals surface area contributed by atoms with Crippen molar-refractivity contribution in [2.24, 2.45) is 4.99 Å². The van der Waals surface area contributed by atoms with Crippen LogP contribution < -0.4 is 15.4 Å². The van der Waals surface area contributed by atoms with Crippen molar-refractivity contribution in [3.8, 4) is 5.75 Å². The molecule has 6 nitrogen and oxygen atoms in total. The molecule has 0 bridgehead atoms. The minimum Gasteiger partial charge on any atom is -0.490 e.